The molecule has 14 heavy (non-hydrogen) atoms. The fourth-order valence-corrected chi connectivity index (χ4v) is 1.75. The van der Waals surface area contributed by atoms with Gasteiger partial charge in [0.2, 0.25) is 0 Å². The number of Topliss-reactive ketones (excluding diaryl/α,β-unsaturated/α-hetero) is 1. The average molecular weight is 208 g/mol. The van der Waals surface area contributed by atoms with Crippen LogP contribution in [-0.2, 0) is 0 Å². The van der Waals surface area contributed by atoms with Gasteiger partial charge in [-0.05, 0) is 36.8 Å². The molecule has 0 bridgehead atoms. The molecule has 0 amide bonds. The van der Waals surface area contributed by atoms with Gasteiger partial charge in [0.05, 0.1) is 5.75 Å². The molecule has 1 aromatic rings. The van der Waals surface area contributed by atoms with Crippen LogP contribution in [0.3, 0.4) is 0 Å². The number of carbonyl (C=O) groups excluding carboxylic acids is 1. The Bertz CT molecular complexity index is 331. The highest BCUT2D eigenvalue weighted by molar-refractivity contribution is 7.99. The smallest absolute Gasteiger partial charge is 0.172 e. The van der Waals surface area contributed by atoms with Crippen LogP contribution in [0.25, 0.3) is 0 Å². The molecule has 0 heterocycles. The van der Waals surface area contributed by atoms with E-state index in [1.807, 2.05) is 25.1 Å². The third kappa shape index (κ3) is 2.88. The summed E-state index contributed by atoms with van der Waals surface area (Å²) in [6.07, 6.45) is 0. The van der Waals surface area contributed by atoms with Gasteiger partial charge in [-0.15, -0.1) is 0 Å². The van der Waals surface area contributed by atoms with Gasteiger partial charge < -0.3 is 0 Å². The standard InChI is InChI=1S/C12H16OS/c1-4-14-8-12(13)11-6-5-9(2)10(3)7-11/h5-7H,4,8H2,1-3H3. The van der Waals surface area contributed by atoms with E-state index in [1.54, 1.807) is 11.8 Å². The van der Waals surface area contributed by atoms with E-state index in [9.17, 15) is 4.79 Å². The largest absolute Gasteiger partial charge is 0.293 e. The summed E-state index contributed by atoms with van der Waals surface area (Å²) in [7, 11) is 0. The lowest BCUT2D eigenvalue weighted by molar-refractivity contribution is 0.102. The Morgan fingerprint density at radius 1 is 1.29 bits per heavy atom. The second-order valence-electron chi connectivity index (χ2n) is 3.36. The first kappa shape index (κ1) is 11.3. The van der Waals surface area contributed by atoms with Crippen LogP contribution in [0.5, 0.6) is 0 Å². The van der Waals surface area contributed by atoms with E-state index in [2.05, 4.69) is 13.8 Å². The molecule has 0 aliphatic rings. The summed E-state index contributed by atoms with van der Waals surface area (Å²) < 4.78 is 0. The zero-order valence-electron chi connectivity index (χ0n) is 8.96. The van der Waals surface area contributed by atoms with Gasteiger partial charge in [0.15, 0.2) is 5.78 Å². The SMILES string of the molecule is CCSCC(=O)c1ccc(C)c(C)c1. The number of benzene rings is 1. The molecule has 0 radical (unpaired) electrons. The van der Waals surface area contributed by atoms with Crippen LogP contribution < -0.4 is 0 Å². The summed E-state index contributed by atoms with van der Waals surface area (Å²) in [6, 6.07) is 5.91. The molecule has 1 nitrogen and oxygen atoms in total. The molecule has 1 aromatic carbocycles. The minimum atomic E-state index is 0.236. The highest BCUT2D eigenvalue weighted by Gasteiger charge is 2.05. The van der Waals surface area contributed by atoms with Gasteiger partial charge in [-0.1, -0.05) is 19.1 Å². The molecular weight excluding hydrogens is 192 g/mol. The molecule has 0 spiro atoms. The molecule has 2 heteroatoms. The number of thioether (sulfide) groups is 1. The Kier molecular flexibility index (Phi) is 4.21. The predicted octanol–water partition coefficient (Wildman–Crippen LogP) is 3.24. The molecule has 1 rings (SSSR count). The van der Waals surface area contributed by atoms with Crippen LogP contribution in [0.15, 0.2) is 18.2 Å². The van der Waals surface area contributed by atoms with E-state index in [0.717, 1.165) is 11.3 Å². The topological polar surface area (TPSA) is 17.1 Å². The van der Waals surface area contributed by atoms with E-state index < -0.39 is 0 Å². The van der Waals surface area contributed by atoms with Crippen molar-refractivity contribution in [2.75, 3.05) is 11.5 Å². The van der Waals surface area contributed by atoms with Crippen LogP contribution in [0.1, 0.15) is 28.4 Å². The summed E-state index contributed by atoms with van der Waals surface area (Å²) in [5, 5.41) is 0. The highest BCUT2D eigenvalue weighted by Crippen LogP contribution is 2.12. The summed E-state index contributed by atoms with van der Waals surface area (Å²) in [5.74, 6) is 1.83. The van der Waals surface area contributed by atoms with E-state index in [0.29, 0.717) is 5.75 Å². The van der Waals surface area contributed by atoms with Gasteiger partial charge in [-0.25, -0.2) is 0 Å². The second kappa shape index (κ2) is 5.20. The van der Waals surface area contributed by atoms with Crippen molar-refractivity contribution in [2.45, 2.75) is 20.8 Å². The van der Waals surface area contributed by atoms with Crippen molar-refractivity contribution in [1.82, 2.24) is 0 Å². The van der Waals surface area contributed by atoms with Crippen LogP contribution >= 0.6 is 11.8 Å². The molecule has 0 fully saturated rings. The number of hydrogen-bond donors (Lipinski definition) is 0. The van der Waals surface area contributed by atoms with E-state index in [1.165, 1.54) is 11.1 Å². The molecule has 0 aliphatic carbocycles. The third-order valence-electron chi connectivity index (χ3n) is 2.27. The number of ketones is 1. The molecule has 76 valence electrons. The first-order chi connectivity index (χ1) is 6.65. The Labute approximate surface area is 89.9 Å². The molecule has 0 saturated carbocycles. The van der Waals surface area contributed by atoms with Crippen molar-refractivity contribution in [2.24, 2.45) is 0 Å². The van der Waals surface area contributed by atoms with Gasteiger partial charge >= 0.3 is 0 Å². The monoisotopic (exact) mass is 208 g/mol. The van der Waals surface area contributed by atoms with Crippen molar-refractivity contribution < 1.29 is 4.79 Å². The zero-order valence-corrected chi connectivity index (χ0v) is 9.78. The van der Waals surface area contributed by atoms with Crippen LogP contribution in [-0.4, -0.2) is 17.3 Å². The molecule has 0 atom stereocenters. The Morgan fingerprint density at radius 2 is 2.00 bits per heavy atom. The summed E-state index contributed by atoms with van der Waals surface area (Å²) in [6.45, 7) is 6.17. The summed E-state index contributed by atoms with van der Waals surface area (Å²) >= 11 is 1.67. The minimum Gasteiger partial charge on any atom is -0.293 e. The van der Waals surface area contributed by atoms with E-state index in [-0.39, 0.29) is 5.78 Å². The van der Waals surface area contributed by atoms with Crippen LogP contribution in [0.4, 0.5) is 0 Å². The number of hydrogen-bond acceptors (Lipinski definition) is 2. The van der Waals surface area contributed by atoms with Gasteiger partial charge in [-0.2, -0.15) is 11.8 Å². The Hall–Kier alpha value is -0.760. The number of carbonyl (C=O) groups is 1. The minimum absolute atomic E-state index is 0.236. The maximum Gasteiger partial charge on any atom is 0.172 e. The molecule has 0 aliphatic heterocycles. The normalized spacial score (nSPS) is 10.2. The molecular formula is C12H16OS. The van der Waals surface area contributed by atoms with Crippen LogP contribution in [0, 0.1) is 13.8 Å². The Morgan fingerprint density at radius 3 is 2.57 bits per heavy atom. The van der Waals surface area contributed by atoms with Gasteiger partial charge in [0.25, 0.3) is 0 Å². The van der Waals surface area contributed by atoms with Gasteiger partial charge in [0, 0.05) is 5.56 Å². The number of rotatable bonds is 4. The van der Waals surface area contributed by atoms with E-state index in [4.69, 9.17) is 0 Å². The fraction of sp³-hybridized carbons (Fsp3) is 0.417. The fourth-order valence-electron chi connectivity index (χ4n) is 1.19. The first-order valence-electron chi connectivity index (χ1n) is 4.83. The zero-order chi connectivity index (χ0) is 10.6. The van der Waals surface area contributed by atoms with Crippen LogP contribution in [0.2, 0.25) is 0 Å². The van der Waals surface area contributed by atoms with Crippen molar-refractivity contribution in [3.05, 3.63) is 34.9 Å². The summed E-state index contributed by atoms with van der Waals surface area (Å²) in [4.78, 5) is 11.6. The molecule has 0 saturated heterocycles. The van der Waals surface area contributed by atoms with E-state index >= 15 is 0 Å². The predicted molar refractivity (Wildman–Crippen MR) is 63.2 cm³/mol. The molecule has 0 N–H and O–H groups in total. The maximum atomic E-state index is 11.6. The van der Waals surface area contributed by atoms with Gasteiger partial charge in [-0.3, -0.25) is 4.79 Å². The van der Waals surface area contributed by atoms with Crippen molar-refractivity contribution in [1.29, 1.82) is 0 Å². The third-order valence-corrected chi connectivity index (χ3v) is 3.14. The van der Waals surface area contributed by atoms with Crippen molar-refractivity contribution in [3.8, 4) is 0 Å². The number of aryl methyl sites for hydroxylation is 2. The Balaban J connectivity index is 2.76. The lowest BCUT2D eigenvalue weighted by Crippen LogP contribution is -2.03. The maximum absolute atomic E-state index is 11.6. The van der Waals surface area contributed by atoms with Gasteiger partial charge in [0.1, 0.15) is 0 Å². The average Bonchev–Trinajstić information content (AvgIpc) is 2.18. The first-order valence-corrected chi connectivity index (χ1v) is 5.98. The quantitative estimate of drug-likeness (QED) is 0.707. The summed E-state index contributed by atoms with van der Waals surface area (Å²) in [5.41, 5.74) is 3.27. The molecule has 0 unspecified atom stereocenters. The lowest BCUT2D eigenvalue weighted by Gasteiger charge is -2.03. The second-order valence-corrected chi connectivity index (χ2v) is 4.63. The molecule has 0 aromatic heterocycles. The van der Waals surface area contributed by atoms with Crippen molar-refractivity contribution in [3.63, 3.8) is 0 Å². The lowest BCUT2D eigenvalue weighted by atomic mass is 10.0. The highest BCUT2D eigenvalue weighted by atomic mass is 32.2. The van der Waals surface area contributed by atoms with Crippen molar-refractivity contribution >= 4 is 17.5 Å².